The molecule has 5 aliphatic heterocycles. The lowest BCUT2D eigenvalue weighted by atomic mass is 9.91. The number of likely N-dealkylation sites (tertiary alicyclic amines) is 1. The molecule has 0 radical (unpaired) electrons. The molecule has 4 aliphatic carbocycles. The summed E-state index contributed by atoms with van der Waals surface area (Å²) in [7, 11) is 11.0. The molecule has 1 saturated heterocycles. The molecule has 19 rings (SSSR count). The number of hydrogen-bond acceptors (Lipinski definition) is 28. The molecule has 140 heavy (non-hydrogen) atoms. The van der Waals surface area contributed by atoms with Gasteiger partial charge in [0.15, 0.2) is 23.3 Å². The van der Waals surface area contributed by atoms with E-state index in [0.717, 1.165) is 140 Å². The third kappa shape index (κ3) is 22.4. The average Bonchev–Trinajstić information content (AvgIpc) is 1.60. The van der Waals surface area contributed by atoms with Crippen LogP contribution in [-0.4, -0.2) is 229 Å². The van der Waals surface area contributed by atoms with E-state index in [0.29, 0.717) is 114 Å². The lowest BCUT2D eigenvalue weighted by Gasteiger charge is -2.34. The number of nitrogens with zero attached hydrogens (tertiary/aromatic N) is 22. The minimum Gasteiger partial charge on any atom is -0.489 e. The Morgan fingerprint density at radius 3 is 1.06 bits per heavy atom. The summed E-state index contributed by atoms with van der Waals surface area (Å²) in [6.07, 6.45) is 35.8. The lowest BCUT2D eigenvalue weighted by molar-refractivity contribution is -0.126. The highest BCUT2D eigenvalue weighted by molar-refractivity contribution is 6.04. The number of rotatable bonds is 21. The summed E-state index contributed by atoms with van der Waals surface area (Å²) < 4.78 is 15.8. The average molecular weight is 1910 g/mol. The van der Waals surface area contributed by atoms with Gasteiger partial charge in [-0.2, -0.15) is 25.0 Å². The number of imidazole rings is 1. The molecule has 6 amide bonds. The van der Waals surface area contributed by atoms with Gasteiger partial charge in [0.25, 0.3) is 11.8 Å². The third-order valence-electron chi connectivity index (χ3n) is 28.1. The molecule has 6 aromatic heterocycles. The summed E-state index contributed by atoms with van der Waals surface area (Å²) in [5.74, 6) is 6.22. The van der Waals surface area contributed by atoms with Crippen LogP contribution in [0.15, 0.2) is 141 Å². The van der Waals surface area contributed by atoms with Crippen LogP contribution >= 0.6 is 0 Å². The Bertz CT molecular complexity index is 5860. The molecule has 4 aromatic carbocycles. The molecule has 11 heterocycles. The van der Waals surface area contributed by atoms with Crippen molar-refractivity contribution in [3.8, 4) is 22.9 Å². The van der Waals surface area contributed by atoms with Crippen LogP contribution in [0, 0.1) is 21.7 Å². The minimum absolute atomic E-state index is 0.0564. The van der Waals surface area contributed by atoms with Crippen molar-refractivity contribution in [1.82, 2.24) is 79.7 Å². The highest BCUT2D eigenvalue weighted by atomic mass is 16.5. The van der Waals surface area contributed by atoms with Gasteiger partial charge < -0.3 is 90.0 Å². The number of carbonyl (C=O) groups excluding carboxylic acids is 6. The summed E-state index contributed by atoms with van der Waals surface area (Å²) in [6, 6.07) is 28.2. The predicted octanol–water partition coefficient (Wildman–Crippen LogP) is 16.4. The third-order valence-corrected chi connectivity index (χ3v) is 28.1. The van der Waals surface area contributed by atoms with E-state index in [1.54, 1.807) is 113 Å². The molecule has 6 N–H and O–H groups in total. The SMILES string of the molecule is CC(C)Oc1cc(C(=O)NC2CCN(C)CC2)ccc1Nc1ncc2c(n1)N(C1CCCC1)CC(C)(C)C(=O)N2C.CN1C(=O)C(C)(C)CN(C2CCCC2)c2nc(Nc3ccc(-n4ccnc4)cc3)ncc21.CN1C(=O)C(C)(C)CN(C2CCCC2)c2nc(Nc3ccc(-n4cncn4)cc3)ncc21.CNC(=O)c1ccc(Nc2ncc3c(n2)N(C2CCCC2)CC(C)(C)C(=O)N3C)c(OC(C)C)c1. The molecule has 0 bridgehead atoms. The first-order chi connectivity index (χ1) is 67.0. The summed E-state index contributed by atoms with van der Waals surface area (Å²) in [5.41, 5.74) is 7.03. The van der Waals surface area contributed by atoms with Gasteiger partial charge in [-0.1, -0.05) is 51.4 Å². The van der Waals surface area contributed by atoms with Gasteiger partial charge in [-0.05, 0) is 252 Å². The Kier molecular flexibility index (Phi) is 29.9. The number of aromatic nitrogens is 13. The van der Waals surface area contributed by atoms with E-state index in [2.05, 4.69) is 98.5 Å². The van der Waals surface area contributed by atoms with Crippen LogP contribution in [0.4, 0.5) is 92.6 Å². The zero-order chi connectivity index (χ0) is 99.2. The van der Waals surface area contributed by atoms with E-state index >= 15 is 0 Å². The Morgan fingerprint density at radius 2 is 0.743 bits per heavy atom. The number of fused-ring (bicyclic) bond motifs is 4. The van der Waals surface area contributed by atoms with Gasteiger partial charge in [0, 0.05) is 132 Å². The highest BCUT2D eigenvalue weighted by Gasteiger charge is 2.47. The number of piperidine rings is 1. The normalized spacial score (nSPS) is 18.9. The zero-order valence-electron chi connectivity index (χ0n) is 84.4. The number of hydrogen-bond donors (Lipinski definition) is 6. The van der Waals surface area contributed by atoms with Crippen LogP contribution in [-0.2, 0) is 19.2 Å². The van der Waals surface area contributed by atoms with Crippen molar-refractivity contribution in [3.05, 3.63) is 152 Å². The van der Waals surface area contributed by atoms with E-state index in [9.17, 15) is 28.8 Å². The lowest BCUT2D eigenvalue weighted by Crippen LogP contribution is -2.45. The van der Waals surface area contributed by atoms with E-state index in [4.69, 9.17) is 29.4 Å². The minimum atomic E-state index is -0.548. The van der Waals surface area contributed by atoms with Crippen molar-refractivity contribution >= 4 is 128 Å². The highest BCUT2D eigenvalue weighted by Crippen LogP contribution is 2.47. The quantitative estimate of drug-likeness (QED) is 0.0389. The predicted molar refractivity (Wildman–Crippen MR) is 549 cm³/mol. The van der Waals surface area contributed by atoms with Gasteiger partial charge in [-0.15, -0.1) is 0 Å². The van der Waals surface area contributed by atoms with Crippen molar-refractivity contribution in [2.24, 2.45) is 21.7 Å². The van der Waals surface area contributed by atoms with Crippen LogP contribution in [0.5, 0.6) is 11.5 Å². The van der Waals surface area contributed by atoms with Gasteiger partial charge in [-0.25, -0.2) is 34.6 Å². The second-order valence-corrected chi connectivity index (χ2v) is 41.7. The van der Waals surface area contributed by atoms with Gasteiger partial charge in [0.05, 0.1) is 82.0 Å². The Morgan fingerprint density at radius 1 is 0.407 bits per heavy atom. The molecule has 10 aromatic rings. The monoisotopic (exact) mass is 1910 g/mol. The first-order valence-corrected chi connectivity index (χ1v) is 49.6. The van der Waals surface area contributed by atoms with Gasteiger partial charge >= 0.3 is 0 Å². The van der Waals surface area contributed by atoms with Crippen molar-refractivity contribution in [2.45, 2.75) is 241 Å². The molecular formula is C104H138N28O8. The number of anilines is 16. The summed E-state index contributed by atoms with van der Waals surface area (Å²) >= 11 is 0. The van der Waals surface area contributed by atoms with Crippen molar-refractivity contribution in [1.29, 1.82) is 0 Å². The molecule has 36 heteroatoms. The maximum absolute atomic E-state index is 13.3. The number of ether oxygens (including phenoxy) is 2. The van der Waals surface area contributed by atoms with Gasteiger partial charge in [-0.3, -0.25) is 28.8 Å². The molecule has 0 spiro atoms. The summed E-state index contributed by atoms with van der Waals surface area (Å²) in [4.78, 5) is 142. The summed E-state index contributed by atoms with van der Waals surface area (Å²) in [5, 5.41) is 23.2. The maximum atomic E-state index is 13.3. The maximum Gasteiger partial charge on any atom is 0.251 e. The van der Waals surface area contributed by atoms with E-state index in [1.165, 1.54) is 57.7 Å². The fraction of sp³-hybridized carbons (Fsp3) is 0.510. The standard InChI is InChI=1S/C31H45N7O3.C26H36N6O3.C24H29N7O.C23H28N8O/c1-20(2)41-26-17-21(28(39)33-22-13-15-36(5)16-14-22)11-12-24(26)34-30-32-18-25-27(35-30)38(23-9-7-8-10-23)19-31(3,4)29(40)37(25)6;1-16(2)35-21-13-17(23(33)27-5)11-12-19(21)29-25-28-14-20-22(30-25)32(18-9-7-8-10-18)15-26(3,4)24(34)31(20)6;1-24(2)15-31(19-6-4-5-7-19)21-20(29(3)22(24)32)14-26-23(28-21)27-17-8-10-18(11-9-17)30-13-12-25-16-30;1-23(2)13-30(17-6-4-5-7-17)20-19(29(3)21(23)32)12-25-22(28-20)27-16-8-10-18(11-9-16)31-15-24-14-26-31/h11-12,17-18,20,22-23H,7-10,13-16,19H2,1-6H3,(H,33,39)(H,32,34,35);11-14,16,18H,7-10,15H2,1-6H3,(H,27,33)(H,28,29,30);8-14,16,19H,4-7,15H2,1-3H3,(H,26,27,28);8-12,14-15,17H,4-7,13H2,1-3H3,(H,25,27,28). The number of benzene rings is 4. The molecule has 0 unspecified atom stereocenters. The first-order valence-electron chi connectivity index (χ1n) is 49.6. The van der Waals surface area contributed by atoms with Crippen LogP contribution in [0.3, 0.4) is 0 Å². The first kappa shape index (κ1) is 99.3. The molecule has 4 saturated carbocycles. The van der Waals surface area contributed by atoms with Gasteiger partial charge in [0.1, 0.15) is 46.9 Å². The second kappa shape index (κ2) is 42.2. The topological polar surface area (TPSA) is 374 Å². The smallest absolute Gasteiger partial charge is 0.251 e. The van der Waals surface area contributed by atoms with Gasteiger partial charge in [0.2, 0.25) is 47.4 Å². The van der Waals surface area contributed by atoms with Crippen LogP contribution in [0.25, 0.3) is 11.4 Å². The fourth-order valence-electron chi connectivity index (χ4n) is 20.6. The fourth-order valence-corrected chi connectivity index (χ4v) is 20.6. The molecule has 742 valence electrons. The zero-order valence-corrected chi connectivity index (χ0v) is 84.4. The van der Waals surface area contributed by atoms with Crippen LogP contribution in [0.2, 0.25) is 0 Å². The molecule has 0 atom stereocenters. The van der Waals surface area contributed by atoms with Crippen molar-refractivity contribution in [3.63, 3.8) is 0 Å². The van der Waals surface area contributed by atoms with E-state index in [-0.39, 0.29) is 53.7 Å². The molecule has 5 fully saturated rings. The number of amides is 6. The van der Waals surface area contributed by atoms with Crippen molar-refractivity contribution < 1.29 is 38.2 Å². The number of nitrogens with one attached hydrogen (secondary N) is 6. The Balaban J connectivity index is 0.000000135. The second-order valence-electron chi connectivity index (χ2n) is 41.7. The van der Waals surface area contributed by atoms with E-state index in [1.807, 2.05) is 169 Å². The summed E-state index contributed by atoms with van der Waals surface area (Å²) in [6.45, 7) is 28.3. The largest absolute Gasteiger partial charge is 0.489 e. The Hall–Kier alpha value is -13.7. The van der Waals surface area contributed by atoms with Crippen LogP contribution in [0.1, 0.15) is 219 Å². The molecule has 36 nitrogen and oxygen atoms in total. The Labute approximate surface area is 821 Å². The molecule has 9 aliphatic rings. The van der Waals surface area contributed by atoms with E-state index < -0.39 is 21.7 Å². The van der Waals surface area contributed by atoms with Crippen molar-refractivity contribution in [2.75, 3.05) is 142 Å². The number of carbonyl (C=O) groups is 6. The molecular weight excluding hydrogens is 1770 g/mol. The van der Waals surface area contributed by atoms with Crippen LogP contribution < -0.4 is 80.6 Å².